The quantitative estimate of drug-likeness (QED) is 0.660. The summed E-state index contributed by atoms with van der Waals surface area (Å²) in [5, 5.41) is 14.1. The van der Waals surface area contributed by atoms with Crippen LogP contribution in [0.1, 0.15) is 28.2 Å². The Morgan fingerprint density at radius 1 is 1.29 bits per heavy atom. The maximum atomic E-state index is 11.4. The number of fused-ring (bicyclic) bond motifs is 1. The number of ether oxygens (including phenoxy) is 1. The highest BCUT2D eigenvalue weighted by molar-refractivity contribution is 7.18. The number of para-hydroxylation sites is 1. The van der Waals surface area contributed by atoms with Crippen LogP contribution >= 0.6 is 11.3 Å². The maximum Gasteiger partial charge on any atom is 0.337 e. The molecule has 0 saturated carbocycles. The van der Waals surface area contributed by atoms with Gasteiger partial charge in [-0.3, -0.25) is 0 Å². The molecular formula is C21H23N3O3S. The zero-order valence-electron chi connectivity index (χ0n) is 15.7. The van der Waals surface area contributed by atoms with Crippen molar-refractivity contribution in [2.75, 3.05) is 25.1 Å². The van der Waals surface area contributed by atoms with Crippen LogP contribution < -0.4 is 15.0 Å². The molecule has 2 heterocycles. The van der Waals surface area contributed by atoms with E-state index in [2.05, 4.69) is 10.2 Å². The molecule has 4 rings (SSSR count). The van der Waals surface area contributed by atoms with Gasteiger partial charge >= 0.3 is 5.97 Å². The third-order valence-electron chi connectivity index (χ3n) is 5.15. The number of carbonyl (C=O) groups is 1. The number of nitrogens with one attached hydrogen (secondary N) is 1. The number of benzene rings is 2. The van der Waals surface area contributed by atoms with Crippen molar-refractivity contribution in [3.05, 3.63) is 53.0 Å². The number of anilines is 1. The third kappa shape index (κ3) is 3.95. The number of hydrogen-bond acceptors (Lipinski definition) is 6. The van der Waals surface area contributed by atoms with Crippen LogP contribution in [-0.4, -0.2) is 42.3 Å². The van der Waals surface area contributed by atoms with E-state index in [4.69, 9.17) is 9.72 Å². The Morgan fingerprint density at radius 3 is 2.82 bits per heavy atom. The Balaban J connectivity index is 1.34. The maximum absolute atomic E-state index is 11.4. The molecule has 1 aliphatic heterocycles. The monoisotopic (exact) mass is 397 g/mol. The van der Waals surface area contributed by atoms with Gasteiger partial charge in [0.1, 0.15) is 10.8 Å². The zero-order chi connectivity index (χ0) is 19.5. The molecule has 0 aliphatic carbocycles. The molecule has 0 radical (unpaired) electrons. The average Bonchev–Trinajstić information content (AvgIpc) is 3.14. The van der Waals surface area contributed by atoms with E-state index in [1.807, 2.05) is 30.3 Å². The van der Waals surface area contributed by atoms with Crippen molar-refractivity contribution in [2.45, 2.75) is 25.4 Å². The average molecular weight is 398 g/mol. The van der Waals surface area contributed by atoms with Gasteiger partial charge in [0.25, 0.3) is 0 Å². The highest BCUT2D eigenvalue weighted by atomic mass is 32.1. The van der Waals surface area contributed by atoms with Crippen LogP contribution in [-0.2, 0) is 6.54 Å². The predicted molar refractivity (Wildman–Crippen MR) is 112 cm³/mol. The first-order valence-electron chi connectivity index (χ1n) is 9.38. The molecule has 28 heavy (non-hydrogen) atoms. The third-order valence-corrected chi connectivity index (χ3v) is 6.17. The van der Waals surface area contributed by atoms with E-state index < -0.39 is 5.97 Å². The SMILES string of the molecule is COc1ccc2nc(CNC3CCN(c4ccccc4C(=O)O)CC3)sc2c1. The second-order valence-electron chi connectivity index (χ2n) is 6.91. The van der Waals surface area contributed by atoms with E-state index in [1.165, 1.54) is 0 Å². The molecular weight excluding hydrogens is 374 g/mol. The molecule has 0 spiro atoms. The van der Waals surface area contributed by atoms with Crippen LogP contribution in [0.3, 0.4) is 0 Å². The van der Waals surface area contributed by atoms with Gasteiger partial charge in [0.2, 0.25) is 0 Å². The molecule has 7 heteroatoms. The summed E-state index contributed by atoms with van der Waals surface area (Å²) < 4.78 is 6.41. The standard InChI is InChI=1S/C21H23N3O3S/c1-27-15-6-7-17-19(12-15)28-20(23-17)13-22-14-8-10-24(11-9-14)18-5-3-2-4-16(18)21(25)26/h2-7,12,14,22H,8-11,13H2,1H3,(H,25,26). The summed E-state index contributed by atoms with van der Waals surface area (Å²) in [5.41, 5.74) is 2.19. The topological polar surface area (TPSA) is 74.7 Å². The Hall–Kier alpha value is -2.64. The second-order valence-corrected chi connectivity index (χ2v) is 8.02. The first-order chi connectivity index (χ1) is 13.6. The minimum absolute atomic E-state index is 0.374. The number of methoxy groups -OCH3 is 1. The molecule has 0 atom stereocenters. The van der Waals surface area contributed by atoms with Crippen molar-refractivity contribution in [3.63, 3.8) is 0 Å². The Bertz CT molecular complexity index is 980. The normalized spacial score (nSPS) is 15.1. The number of hydrogen-bond donors (Lipinski definition) is 2. The lowest BCUT2D eigenvalue weighted by atomic mass is 10.0. The van der Waals surface area contributed by atoms with E-state index in [-0.39, 0.29) is 0 Å². The molecule has 2 aromatic carbocycles. The number of nitrogens with zero attached hydrogens (tertiary/aromatic N) is 2. The summed E-state index contributed by atoms with van der Waals surface area (Å²) in [6.45, 7) is 2.44. The number of aromatic nitrogens is 1. The molecule has 1 saturated heterocycles. The summed E-state index contributed by atoms with van der Waals surface area (Å²) in [4.78, 5) is 18.3. The Labute approximate surface area is 167 Å². The van der Waals surface area contributed by atoms with Gasteiger partial charge in [-0.05, 0) is 43.2 Å². The number of aromatic carboxylic acids is 1. The Kier molecular flexibility index (Phi) is 5.45. The Morgan fingerprint density at radius 2 is 2.07 bits per heavy atom. The van der Waals surface area contributed by atoms with Crippen molar-refractivity contribution in [3.8, 4) is 5.75 Å². The molecule has 6 nitrogen and oxygen atoms in total. The predicted octanol–water partition coefficient (Wildman–Crippen LogP) is 3.76. The molecule has 1 aliphatic rings. The van der Waals surface area contributed by atoms with Crippen LogP contribution in [0, 0.1) is 0 Å². The van der Waals surface area contributed by atoms with Crippen LogP contribution in [0.5, 0.6) is 5.75 Å². The second kappa shape index (κ2) is 8.16. The molecule has 1 fully saturated rings. The van der Waals surface area contributed by atoms with E-state index in [0.717, 1.165) is 59.1 Å². The molecule has 3 aromatic rings. The van der Waals surface area contributed by atoms with E-state index in [0.29, 0.717) is 11.6 Å². The van der Waals surface area contributed by atoms with Crippen LogP contribution in [0.25, 0.3) is 10.2 Å². The summed E-state index contributed by atoms with van der Waals surface area (Å²) in [6.07, 6.45) is 1.96. The number of carboxylic acid groups (broad SMARTS) is 1. The fourth-order valence-corrected chi connectivity index (χ4v) is 4.59. The molecule has 0 unspecified atom stereocenters. The number of thiazole rings is 1. The van der Waals surface area contributed by atoms with Gasteiger partial charge in [-0.1, -0.05) is 12.1 Å². The summed E-state index contributed by atoms with van der Waals surface area (Å²) in [7, 11) is 1.67. The van der Waals surface area contributed by atoms with E-state index in [9.17, 15) is 9.90 Å². The van der Waals surface area contributed by atoms with Crippen LogP contribution in [0.2, 0.25) is 0 Å². The van der Waals surface area contributed by atoms with Gasteiger partial charge in [0.05, 0.1) is 28.6 Å². The lowest BCUT2D eigenvalue weighted by Crippen LogP contribution is -2.42. The summed E-state index contributed by atoms with van der Waals surface area (Å²) in [5.74, 6) is -0.0204. The van der Waals surface area contributed by atoms with E-state index in [1.54, 1.807) is 30.6 Å². The van der Waals surface area contributed by atoms with Gasteiger partial charge in [-0.25, -0.2) is 9.78 Å². The van der Waals surface area contributed by atoms with Crippen molar-refractivity contribution in [2.24, 2.45) is 0 Å². The number of rotatable bonds is 6. The largest absolute Gasteiger partial charge is 0.497 e. The van der Waals surface area contributed by atoms with Crippen molar-refractivity contribution in [1.82, 2.24) is 10.3 Å². The van der Waals surface area contributed by atoms with Crippen LogP contribution in [0.4, 0.5) is 5.69 Å². The van der Waals surface area contributed by atoms with Crippen molar-refractivity contribution in [1.29, 1.82) is 0 Å². The minimum Gasteiger partial charge on any atom is -0.497 e. The summed E-state index contributed by atoms with van der Waals surface area (Å²) in [6, 6.07) is 13.6. The zero-order valence-corrected chi connectivity index (χ0v) is 16.5. The van der Waals surface area contributed by atoms with Gasteiger partial charge in [-0.15, -0.1) is 11.3 Å². The minimum atomic E-state index is -0.872. The van der Waals surface area contributed by atoms with Crippen molar-refractivity contribution < 1.29 is 14.6 Å². The van der Waals surface area contributed by atoms with Crippen molar-refractivity contribution >= 4 is 33.2 Å². The molecule has 0 amide bonds. The van der Waals surface area contributed by atoms with Gasteiger partial charge in [-0.2, -0.15) is 0 Å². The smallest absolute Gasteiger partial charge is 0.337 e. The first kappa shape index (κ1) is 18.7. The number of piperidine rings is 1. The molecule has 2 N–H and O–H groups in total. The van der Waals surface area contributed by atoms with E-state index >= 15 is 0 Å². The van der Waals surface area contributed by atoms with Gasteiger partial charge in [0.15, 0.2) is 0 Å². The molecule has 1 aromatic heterocycles. The lowest BCUT2D eigenvalue weighted by molar-refractivity contribution is 0.0697. The molecule has 0 bridgehead atoms. The highest BCUT2D eigenvalue weighted by Crippen LogP contribution is 2.27. The summed E-state index contributed by atoms with van der Waals surface area (Å²) >= 11 is 1.69. The van der Waals surface area contributed by atoms with Gasteiger partial charge < -0.3 is 20.1 Å². The fourth-order valence-electron chi connectivity index (χ4n) is 3.64. The van der Waals surface area contributed by atoms with Gasteiger partial charge in [0, 0.05) is 25.7 Å². The first-order valence-corrected chi connectivity index (χ1v) is 10.2. The number of carboxylic acids is 1. The molecule has 146 valence electrons. The lowest BCUT2D eigenvalue weighted by Gasteiger charge is -2.34. The van der Waals surface area contributed by atoms with Crippen LogP contribution in [0.15, 0.2) is 42.5 Å². The highest BCUT2D eigenvalue weighted by Gasteiger charge is 2.22. The fraction of sp³-hybridized carbons (Fsp3) is 0.333.